The van der Waals surface area contributed by atoms with E-state index in [9.17, 15) is 9.59 Å². The van der Waals surface area contributed by atoms with Crippen LogP contribution >= 0.6 is 0 Å². The van der Waals surface area contributed by atoms with Crippen LogP contribution in [0.15, 0.2) is 30.5 Å². The molecule has 0 saturated heterocycles. The lowest BCUT2D eigenvalue weighted by Crippen LogP contribution is -2.14. The third-order valence-electron chi connectivity index (χ3n) is 2.43. The molecule has 0 saturated carbocycles. The van der Waals surface area contributed by atoms with Crippen LogP contribution in [0, 0.1) is 0 Å². The molecule has 7 nitrogen and oxygen atoms in total. The molecule has 0 aliphatic heterocycles. The molecule has 1 heterocycles. The Labute approximate surface area is 109 Å². The first kappa shape index (κ1) is 12.7. The topological polar surface area (TPSA) is 103 Å². The molecule has 2 amide bonds. The van der Waals surface area contributed by atoms with Crippen molar-refractivity contribution in [2.45, 2.75) is 6.42 Å². The summed E-state index contributed by atoms with van der Waals surface area (Å²) < 4.78 is 1.45. The normalized spacial score (nSPS) is 10.2. The third kappa shape index (κ3) is 3.38. The summed E-state index contributed by atoms with van der Waals surface area (Å²) in [6.07, 6.45) is 1.70. The van der Waals surface area contributed by atoms with Crippen LogP contribution in [0.2, 0.25) is 0 Å². The molecule has 0 atom stereocenters. The number of amides is 2. The number of nitrogens with zero attached hydrogens (tertiary/aromatic N) is 3. The Kier molecular flexibility index (Phi) is 3.56. The van der Waals surface area contributed by atoms with Gasteiger partial charge in [-0.25, -0.2) is 0 Å². The van der Waals surface area contributed by atoms with Crippen molar-refractivity contribution in [2.24, 2.45) is 12.8 Å². The van der Waals surface area contributed by atoms with Crippen molar-refractivity contribution in [1.29, 1.82) is 0 Å². The van der Waals surface area contributed by atoms with Gasteiger partial charge in [-0.3, -0.25) is 14.3 Å². The van der Waals surface area contributed by atoms with Crippen LogP contribution in [0.5, 0.6) is 0 Å². The van der Waals surface area contributed by atoms with Gasteiger partial charge in [-0.05, 0) is 17.7 Å². The Hall–Kier alpha value is -2.70. The number of aryl methyl sites for hydroxylation is 1. The van der Waals surface area contributed by atoms with E-state index >= 15 is 0 Å². The summed E-state index contributed by atoms with van der Waals surface area (Å²) in [5.74, 6) is -0.730. The number of primary amides is 1. The number of aromatic nitrogens is 3. The Morgan fingerprint density at radius 2 is 2.00 bits per heavy atom. The summed E-state index contributed by atoms with van der Waals surface area (Å²) >= 11 is 0. The largest absolute Gasteiger partial charge is 0.369 e. The van der Waals surface area contributed by atoms with E-state index in [-0.39, 0.29) is 18.0 Å². The molecule has 1 aromatic carbocycles. The van der Waals surface area contributed by atoms with Crippen molar-refractivity contribution < 1.29 is 9.59 Å². The maximum atomic E-state index is 11.8. The smallest absolute Gasteiger partial charge is 0.277 e. The van der Waals surface area contributed by atoms with E-state index in [1.165, 1.54) is 10.9 Å². The fourth-order valence-corrected chi connectivity index (χ4v) is 1.55. The predicted molar refractivity (Wildman–Crippen MR) is 68.3 cm³/mol. The number of carbonyl (C=O) groups excluding carboxylic acids is 2. The number of carbonyl (C=O) groups is 2. The third-order valence-corrected chi connectivity index (χ3v) is 2.43. The van der Waals surface area contributed by atoms with Crippen molar-refractivity contribution in [2.75, 3.05) is 5.32 Å². The van der Waals surface area contributed by atoms with E-state index < -0.39 is 5.91 Å². The molecule has 0 aliphatic carbocycles. The minimum absolute atomic E-state index is 0.179. The standard InChI is InChI=1S/C12H13N5O2/c1-17-7-10(15-16-17)12(19)14-9-4-2-8(3-5-9)6-11(13)18/h2-5,7H,6H2,1H3,(H2,13,18)(H,14,19). The number of hydrogen-bond acceptors (Lipinski definition) is 4. The first-order valence-electron chi connectivity index (χ1n) is 5.59. The molecule has 0 aliphatic rings. The second-order valence-corrected chi connectivity index (χ2v) is 4.07. The summed E-state index contributed by atoms with van der Waals surface area (Å²) in [6, 6.07) is 6.87. The van der Waals surface area contributed by atoms with Gasteiger partial charge in [0.05, 0.1) is 12.6 Å². The highest BCUT2D eigenvalue weighted by Gasteiger charge is 2.09. The van der Waals surface area contributed by atoms with Crippen LogP contribution in [0.4, 0.5) is 5.69 Å². The quantitative estimate of drug-likeness (QED) is 0.812. The van der Waals surface area contributed by atoms with E-state index in [4.69, 9.17) is 5.73 Å². The molecule has 98 valence electrons. The Morgan fingerprint density at radius 1 is 1.32 bits per heavy atom. The van der Waals surface area contributed by atoms with Crippen LogP contribution in [0.3, 0.4) is 0 Å². The number of hydrogen-bond donors (Lipinski definition) is 2. The average Bonchev–Trinajstić information content (AvgIpc) is 2.78. The Bertz CT molecular complexity index is 603. The van der Waals surface area contributed by atoms with Crippen LogP contribution in [-0.2, 0) is 18.3 Å². The maximum absolute atomic E-state index is 11.8. The molecular weight excluding hydrogens is 246 g/mol. The zero-order valence-electron chi connectivity index (χ0n) is 10.3. The fraction of sp³-hybridized carbons (Fsp3) is 0.167. The lowest BCUT2D eigenvalue weighted by atomic mass is 10.1. The predicted octanol–water partition coefficient (Wildman–Crippen LogP) is 0.0952. The first-order valence-corrected chi connectivity index (χ1v) is 5.59. The molecule has 0 fully saturated rings. The lowest BCUT2D eigenvalue weighted by molar-refractivity contribution is -0.117. The highest BCUT2D eigenvalue weighted by molar-refractivity contribution is 6.02. The summed E-state index contributed by atoms with van der Waals surface area (Å²) in [6.45, 7) is 0. The molecular formula is C12H13N5O2. The zero-order chi connectivity index (χ0) is 13.8. The lowest BCUT2D eigenvalue weighted by Gasteiger charge is -2.04. The molecule has 7 heteroatoms. The Balaban J connectivity index is 2.03. The number of anilines is 1. The second kappa shape index (κ2) is 5.30. The molecule has 0 radical (unpaired) electrons. The van der Waals surface area contributed by atoms with Crippen LogP contribution < -0.4 is 11.1 Å². The molecule has 2 rings (SSSR count). The molecule has 3 N–H and O–H groups in total. The monoisotopic (exact) mass is 259 g/mol. The van der Waals surface area contributed by atoms with Crippen molar-refractivity contribution in [1.82, 2.24) is 15.0 Å². The summed E-state index contributed by atoms with van der Waals surface area (Å²) in [5, 5.41) is 10.1. The van der Waals surface area contributed by atoms with Gasteiger partial charge in [-0.2, -0.15) is 0 Å². The van der Waals surface area contributed by atoms with E-state index in [1.807, 2.05) is 0 Å². The van der Waals surface area contributed by atoms with Crippen molar-refractivity contribution in [3.8, 4) is 0 Å². The van der Waals surface area contributed by atoms with Crippen molar-refractivity contribution in [3.05, 3.63) is 41.7 Å². The van der Waals surface area contributed by atoms with Gasteiger partial charge in [0.2, 0.25) is 5.91 Å². The zero-order valence-corrected chi connectivity index (χ0v) is 10.3. The first-order chi connectivity index (χ1) is 9.04. The van der Waals surface area contributed by atoms with Gasteiger partial charge in [-0.15, -0.1) is 5.10 Å². The number of benzene rings is 1. The minimum Gasteiger partial charge on any atom is -0.369 e. The van der Waals surface area contributed by atoms with E-state index in [0.29, 0.717) is 5.69 Å². The highest BCUT2D eigenvalue weighted by atomic mass is 16.2. The minimum atomic E-state index is -0.392. The van der Waals surface area contributed by atoms with Crippen LogP contribution in [-0.4, -0.2) is 26.8 Å². The molecule has 0 spiro atoms. The van der Waals surface area contributed by atoms with Crippen LogP contribution in [0.25, 0.3) is 0 Å². The highest BCUT2D eigenvalue weighted by Crippen LogP contribution is 2.11. The number of nitrogens with one attached hydrogen (secondary N) is 1. The fourth-order valence-electron chi connectivity index (χ4n) is 1.55. The van der Waals surface area contributed by atoms with Gasteiger partial charge >= 0.3 is 0 Å². The number of rotatable bonds is 4. The molecule has 1 aromatic heterocycles. The van der Waals surface area contributed by atoms with Gasteiger partial charge in [0.25, 0.3) is 5.91 Å². The summed E-state index contributed by atoms with van der Waals surface area (Å²) in [4.78, 5) is 22.5. The molecule has 0 unspecified atom stereocenters. The Morgan fingerprint density at radius 3 is 2.53 bits per heavy atom. The van der Waals surface area contributed by atoms with E-state index in [0.717, 1.165) is 5.56 Å². The van der Waals surface area contributed by atoms with Gasteiger partial charge in [0.1, 0.15) is 0 Å². The molecule has 0 bridgehead atoms. The molecule has 19 heavy (non-hydrogen) atoms. The van der Waals surface area contributed by atoms with Crippen molar-refractivity contribution >= 4 is 17.5 Å². The van der Waals surface area contributed by atoms with Crippen LogP contribution in [0.1, 0.15) is 16.1 Å². The van der Waals surface area contributed by atoms with Gasteiger partial charge in [0, 0.05) is 12.7 Å². The number of nitrogens with two attached hydrogens (primary N) is 1. The van der Waals surface area contributed by atoms with Gasteiger partial charge in [0.15, 0.2) is 5.69 Å². The maximum Gasteiger partial charge on any atom is 0.277 e. The van der Waals surface area contributed by atoms with Crippen molar-refractivity contribution in [3.63, 3.8) is 0 Å². The SMILES string of the molecule is Cn1cc(C(=O)Nc2ccc(CC(N)=O)cc2)nn1. The molecule has 2 aromatic rings. The average molecular weight is 259 g/mol. The van der Waals surface area contributed by atoms with Gasteiger partial charge < -0.3 is 11.1 Å². The second-order valence-electron chi connectivity index (χ2n) is 4.07. The van der Waals surface area contributed by atoms with Gasteiger partial charge in [-0.1, -0.05) is 17.3 Å². The van der Waals surface area contributed by atoms with E-state index in [2.05, 4.69) is 15.6 Å². The summed E-state index contributed by atoms with van der Waals surface area (Å²) in [5.41, 5.74) is 6.75. The van der Waals surface area contributed by atoms with E-state index in [1.54, 1.807) is 31.3 Å². The summed E-state index contributed by atoms with van der Waals surface area (Å²) in [7, 11) is 1.68.